The zero-order valence-corrected chi connectivity index (χ0v) is 28.9. The van der Waals surface area contributed by atoms with Crippen LogP contribution in [0.2, 0.25) is 0 Å². The Bertz CT molecular complexity index is 1540. The molecule has 0 saturated carbocycles. The van der Waals surface area contributed by atoms with Gasteiger partial charge in [0.25, 0.3) is 0 Å². The number of aryl methyl sites for hydroxylation is 2. The van der Waals surface area contributed by atoms with Crippen LogP contribution in [-0.2, 0) is 33.9 Å². The third kappa shape index (κ3) is 8.22. The van der Waals surface area contributed by atoms with Gasteiger partial charge in [-0.15, -0.1) is 5.41 Å². The summed E-state index contributed by atoms with van der Waals surface area (Å²) in [6.45, 7) is 14.1. The molecular formula is C37H42ClN2O3Ru-2. The largest absolute Gasteiger partial charge is 0.358 e. The Morgan fingerprint density at radius 3 is 2.07 bits per heavy atom. The molecule has 235 valence electrons. The first-order valence-electron chi connectivity index (χ1n) is 14.5. The summed E-state index contributed by atoms with van der Waals surface area (Å²) >= 11 is -0.487. The molecule has 1 atom stereocenters. The van der Waals surface area contributed by atoms with Gasteiger partial charge in [-0.05, 0) is 44.2 Å². The zero-order chi connectivity index (χ0) is 31.0. The summed E-state index contributed by atoms with van der Waals surface area (Å²) in [6, 6.07) is 31.4. The fourth-order valence-electron chi connectivity index (χ4n) is 5.86. The molecular weight excluding hydrogens is 657 g/mol. The number of anilines is 1. The second kappa shape index (κ2) is 15.6. The SMILES string of the molecule is CCc1cccc(CC)c1N1[CH-][C@](C)(c2ccccc2)CC1(C)C.O=[N+]([O-])c1ccc(Oc2ccccc2)c([CH]=[Ru][Cl])c1.[CH3-]. The molecule has 5 rings (SSSR count). The first kappa shape index (κ1) is 35.1. The van der Waals surface area contributed by atoms with Gasteiger partial charge < -0.3 is 12.3 Å². The van der Waals surface area contributed by atoms with Crippen molar-refractivity contribution in [2.24, 2.45) is 0 Å². The smallest absolute Gasteiger partial charge is 0.358 e. The van der Waals surface area contributed by atoms with Crippen molar-refractivity contribution in [2.45, 2.75) is 64.8 Å². The van der Waals surface area contributed by atoms with Crippen LogP contribution in [-0.4, -0.2) is 15.1 Å². The van der Waals surface area contributed by atoms with Crippen LogP contribution in [0.4, 0.5) is 11.4 Å². The van der Waals surface area contributed by atoms with E-state index in [9.17, 15) is 10.1 Å². The summed E-state index contributed by atoms with van der Waals surface area (Å²) in [7, 11) is 5.75. The summed E-state index contributed by atoms with van der Waals surface area (Å²) in [5.74, 6) is 1.24. The molecule has 7 heteroatoms. The predicted molar refractivity (Wildman–Crippen MR) is 182 cm³/mol. The van der Waals surface area contributed by atoms with Crippen molar-refractivity contribution in [1.29, 1.82) is 0 Å². The number of nitrogens with zero attached hydrogens (tertiary/aromatic N) is 2. The van der Waals surface area contributed by atoms with Crippen molar-refractivity contribution in [2.75, 3.05) is 4.90 Å². The fourth-order valence-corrected chi connectivity index (χ4v) is 6.94. The fraction of sp³-hybridized carbons (Fsp3) is 0.270. The van der Waals surface area contributed by atoms with Crippen molar-refractivity contribution in [3.05, 3.63) is 143 Å². The molecule has 0 amide bonds. The molecule has 0 N–H and O–H groups in total. The van der Waals surface area contributed by atoms with Crippen molar-refractivity contribution in [1.82, 2.24) is 0 Å². The van der Waals surface area contributed by atoms with Crippen LogP contribution >= 0.6 is 9.69 Å². The van der Waals surface area contributed by atoms with Gasteiger partial charge in [0.15, 0.2) is 0 Å². The molecule has 1 fully saturated rings. The van der Waals surface area contributed by atoms with Gasteiger partial charge in [0.2, 0.25) is 0 Å². The molecule has 1 saturated heterocycles. The van der Waals surface area contributed by atoms with E-state index in [4.69, 9.17) is 14.4 Å². The van der Waals surface area contributed by atoms with Gasteiger partial charge in [-0.1, -0.05) is 74.9 Å². The normalized spacial score (nSPS) is 17.2. The summed E-state index contributed by atoms with van der Waals surface area (Å²) in [6.07, 6.45) is 3.28. The summed E-state index contributed by atoms with van der Waals surface area (Å²) in [5, 5.41) is 10.8. The van der Waals surface area contributed by atoms with Gasteiger partial charge in [-0.25, -0.2) is 6.54 Å². The van der Waals surface area contributed by atoms with Gasteiger partial charge >= 0.3 is 121 Å². The van der Waals surface area contributed by atoms with Crippen LogP contribution in [0.25, 0.3) is 0 Å². The molecule has 0 spiro atoms. The topological polar surface area (TPSA) is 55.6 Å². The Morgan fingerprint density at radius 2 is 1.52 bits per heavy atom. The second-order valence-electron chi connectivity index (χ2n) is 11.5. The third-order valence-corrected chi connectivity index (χ3v) is 9.02. The summed E-state index contributed by atoms with van der Waals surface area (Å²) in [4.78, 5) is 12.9. The zero-order valence-electron chi connectivity index (χ0n) is 26.4. The van der Waals surface area contributed by atoms with E-state index >= 15 is 0 Å². The quantitative estimate of drug-likeness (QED) is 0.0796. The summed E-state index contributed by atoms with van der Waals surface area (Å²) in [5.41, 5.74) is 6.62. The molecule has 1 heterocycles. The van der Waals surface area contributed by atoms with E-state index in [1.807, 2.05) is 30.3 Å². The number of para-hydroxylation sites is 2. The number of nitro benzene ring substituents is 1. The number of non-ortho nitro benzene ring substituents is 1. The minimum absolute atomic E-state index is 0. The van der Waals surface area contributed by atoms with Crippen LogP contribution in [0.15, 0.2) is 97.1 Å². The van der Waals surface area contributed by atoms with E-state index in [1.54, 1.807) is 10.7 Å². The Labute approximate surface area is 274 Å². The average Bonchev–Trinajstić information content (AvgIpc) is 3.27. The van der Waals surface area contributed by atoms with Gasteiger partial charge in [-0.3, -0.25) is 0 Å². The van der Waals surface area contributed by atoms with Crippen LogP contribution in [0.5, 0.6) is 11.5 Å². The first-order valence-corrected chi connectivity index (χ1v) is 17.7. The van der Waals surface area contributed by atoms with Gasteiger partial charge in [0.1, 0.15) is 0 Å². The molecule has 1 aliphatic heterocycles. The molecule has 0 unspecified atom stereocenters. The molecule has 0 aliphatic carbocycles. The second-order valence-corrected chi connectivity index (χ2v) is 13.3. The summed E-state index contributed by atoms with van der Waals surface area (Å²) < 4.78 is 7.46. The standard InChI is InChI=1S/C23H30N.C13H9NO3.CH3.ClH.Ru/c1-6-18-12-11-13-19(7-2)21(18)24-17-23(5,16-22(24,3)4)20-14-9-8-10-15-20;1-10-9-11(14(15)16)7-8-13(10)17-12-5-3-2-4-6-12;;;/h8-15,17H,6-7,16H2,1-5H3;1-9H;1H3;1H;/q-1;;-1;;+1/p-1/t23-;;;;/m1..../s1. The number of nitro groups is 1. The van der Waals surface area contributed by atoms with E-state index in [2.05, 4.69) is 94.6 Å². The number of ether oxygens (including phenoxy) is 1. The maximum atomic E-state index is 10.8. The molecule has 0 radical (unpaired) electrons. The van der Waals surface area contributed by atoms with E-state index in [0.29, 0.717) is 17.1 Å². The predicted octanol–water partition coefficient (Wildman–Crippen LogP) is 10.1. The Morgan fingerprint density at radius 1 is 0.932 bits per heavy atom. The number of hydrogen-bond donors (Lipinski definition) is 0. The van der Waals surface area contributed by atoms with Crippen LogP contribution in [0.3, 0.4) is 0 Å². The maximum Gasteiger partial charge on any atom is -0.358 e. The van der Waals surface area contributed by atoms with Crippen molar-refractivity contribution < 1.29 is 25.3 Å². The Balaban J connectivity index is 0.000000241. The van der Waals surface area contributed by atoms with Crippen LogP contribution < -0.4 is 9.64 Å². The molecule has 0 aromatic heterocycles. The number of rotatable bonds is 8. The van der Waals surface area contributed by atoms with Crippen LogP contribution in [0, 0.1) is 24.1 Å². The molecule has 4 aromatic rings. The number of hydrogen-bond acceptors (Lipinski definition) is 4. The van der Waals surface area contributed by atoms with E-state index in [1.165, 1.54) is 34.5 Å². The minimum Gasteiger partial charge on any atom is -0.358 e. The van der Waals surface area contributed by atoms with Crippen LogP contribution in [0.1, 0.15) is 63.3 Å². The van der Waals surface area contributed by atoms with Crippen molar-refractivity contribution in [3.63, 3.8) is 0 Å². The van der Waals surface area contributed by atoms with Crippen molar-refractivity contribution >= 4 is 25.7 Å². The molecule has 0 bridgehead atoms. The monoisotopic (exact) mass is 699 g/mol. The molecule has 5 nitrogen and oxygen atoms in total. The number of benzene rings is 4. The van der Waals surface area contributed by atoms with Gasteiger partial charge in [0, 0.05) is 11.2 Å². The first-order chi connectivity index (χ1) is 20.6. The van der Waals surface area contributed by atoms with E-state index in [0.717, 1.165) is 19.3 Å². The van der Waals surface area contributed by atoms with E-state index < -0.39 is 20.6 Å². The Hall–Kier alpha value is -3.34. The number of halogens is 1. The molecule has 4 aromatic carbocycles. The van der Waals surface area contributed by atoms with E-state index in [-0.39, 0.29) is 24.1 Å². The average molecular weight is 699 g/mol. The van der Waals surface area contributed by atoms with Gasteiger partial charge in [-0.2, -0.15) is 0 Å². The molecule has 44 heavy (non-hydrogen) atoms. The van der Waals surface area contributed by atoms with Gasteiger partial charge in [0.05, 0.1) is 0 Å². The van der Waals surface area contributed by atoms with Crippen molar-refractivity contribution in [3.8, 4) is 11.5 Å². The maximum absolute atomic E-state index is 10.8. The third-order valence-electron chi connectivity index (χ3n) is 7.83. The Kier molecular flexibility index (Phi) is 12.5. The minimum atomic E-state index is -0.487. The molecule has 1 aliphatic rings.